The number of hydrogen-bond acceptors (Lipinski definition) is 7. The van der Waals surface area contributed by atoms with Crippen molar-refractivity contribution in [1.82, 2.24) is 20.0 Å². The molecule has 0 aliphatic carbocycles. The molecule has 3 rings (SSSR count). The molecule has 0 saturated carbocycles. The van der Waals surface area contributed by atoms with Gasteiger partial charge in [0.05, 0.1) is 24.2 Å². The lowest BCUT2D eigenvalue weighted by molar-refractivity contribution is -0.386. The third-order valence-electron chi connectivity index (χ3n) is 4.67. The number of rotatable bonds is 7. The molecule has 2 aromatic rings. The van der Waals surface area contributed by atoms with Gasteiger partial charge in [-0.05, 0) is 25.3 Å². The summed E-state index contributed by atoms with van der Waals surface area (Å²) in [6.45, 7) is 6.63. The van der Waals surface area contributed by atoms with Gasteiger partial charge in [-0.15, -0.1) is 11.3 Å². The Morgan fingerprint density at radius 1 is 1.44 bits per heavy atom. The van der Waals surface area contributed by atoms with Crippen LogP contribution in [0.5, 0.6) is 0 Å². The van der Waals surface area contributed by atoms with Crippen molar-refractivity contribution in [2.45, 2.75) is 26.4 Å². The standard InChI is InChI=1S/C17H23N5O4S/c1-12-17(22(24)25)13(2)21(19-12)11-16(23)18-10-14(15-4-3-9-27-15)20-5-7-26-8-6-20/h3-4,9,14H,5-8,10-11H2,1-2H3,(H,18,23)/t14-/m0/s1. The highest BCUT2D eigenvalue weighted by atomic mass is 32.1. The Kier molecular flexibility index (Phi) is 6.19. The zero-order valence-electron chi connectivity index (χ0n) is 15.4. The molecule has 1 aliphatic rings. The molecule has 27 heavy (non-hydrogen) atoms. The van der Waals surface area contributed by atoms with E-state index in [1.165, 1.54) is 9.56 Å². The summed E-state index contributed by atoms with van der Waals surface area (Å²) >= 11 is 1.66. The van der Waals surface area contributed by atoms with Crippen LogP contribution in [0.15, 0.2) is 17.5 Å². The van der Waals surface area contributed by atoms with Gasteiger partial charge in [0.15, 0.2) is 0 Å². The summed E-state index contributed by atoms with van der Waals surface area (Å²) in [6, 6.07) is 4.17. The topological polar surface area (TPSA) is 103 Å². The van der Waals surface area contributed by atoms with Crippen LogP contribution in [0, 0.1) is 24.0 Å². The Morgan fingerprint density at radius 2 is 2.19 bits per heavy atom. The number of nitrogens with zero attached hydrogens (tertiary/aromatic N) is 4. The predicted octanol–water partition coefficient (Wildman–Crippen LogP) is 1.66. The summed E-state index contributed by atoms with van der Waals surface area (Å²) in [5, 5.41) is 20.2. The molecule has 3 heterocycles. The van der Waals surface area contributed by atoms with Gasteiger partial charge in [-0.1, -0.05) is 6.07 Å². The molecule has 1 atom stereocenters. The minimum Gasteiger partial charge on any atom is -0.379 e. The molecular weight excluding hydrogens is 370 g/mol. The van der Waals surface area contributed by atoms with E-state index in [0.29, 0.717) is 31.1 Å². The van der Waals surface area contributed by atoms with Crippen molar-refractivity contribution in [1.29, 1.82) is 0 Å². The van der Waals surface area contributed by atoms with E-state index in [-0.39, 0.29) is 24.2 Å². The molecule has 0 spiro atoms. The third kappa shape index (κ3) is 4.52. The SMILES string of the molecule is Cc1nn(CC(=O)NC[C@@H](c2cccs2)N2CCOCC2)c(C)c1[N+](=O)[O-]. The summed E-state index contributed by atoms with van der Waals surface area (Å²) < 4.78 is 6.81. The third-order valence-corrected chi connectivity index (χ3v) is 5.64. The Morgan fingerprint density at radius 3 is 2.78 bits per heavy atom. The second-order valence-corrected chi connectivity index (χ2v) is 7.40. The van der Waals surface area contributed by atoms with Gasteiger partial charge < -0.3 is 10.1 Å². The number of nitro groups is 1. The van der Waals surface area contributed by atoms with E-state index in [9.17, 15) is 14.9 Å². The predicted molar refractivity (Wildman–Crippen MR) is 101 cm³/mol. The van der Waals surface area contributed by atoms with Gasteiger partial charge in [0.25, 0.3) is 0 Å². The van der Waals surface area contributed by atoms with Crippen LogP contribution in [-0.2, 0) is 16.1 Å². The van der Waals surface area contributed by atoms with Gasteiger partial charge in [-0.3, -0.25) is 24.5 Å². The number of morpholine rings is 1. The fourth-order valence-electron chi connectivity index (χ4n) is 3.29. The Bertz CT molecular complexity index is 799. The van der Waals surface area contributed by atoms with Crippen LogP contribution in [0.2, 0.25) is 0 Å². The highest BCUT2D eigenvalue weighted by molar-refractivity contribution is 7.10. The molecule has 0 bridgehead atoms. The number of hydrogen-bond donors (Lipinski definition) is 1. The van der Waals surface area contributed by atoms with Crippen LogP contribution in [-0.4, -0.2) is 58.4 Å². The van der Waals surface area contributed by atoms with Crippen molar-refractivity contribution in [3.8, 4) is 0 Å². The molecule has 1 saturated heterocycles. The van der Waals surface area contributed by atoms with Crippen molar-refractivity contribution in [2.75, 3.05) is 32.8 Å². The first-order valence-electron chi connectivity index (χ1n) is 8.77. The Hall–Kier alpha value is -2.30. The molecular formula is C17H23N5O4S. The maximum atomic E-state index is 12.4. The monoisotopic (exact) mass is 393 g/mol. The maximum absolute atomic E-state index is 12.4. The van der Waals surface area contributed by atoms with Gasteiger partial charge in [0, 0.05) is 24.5 Å². The summed E-state index contributed by atoms with van der Waals surface area (Å²) in [6.07, 6.45) is 0. The fourth-order valence-corrected chi connectivity index (χ4v) is 4.15. The maximum Gasteiger partial charge on any atom is 0.312 e. The lowest BCUT2D eigenvalue weighted by atomic mass is 10.2. The van der Waals surface area contributed by atoms with Crippen molar-refractivity contribution in [3.05, 3.63) is 43.9 Å². The van der Waals surface area contributed by atoms with Gasteiger partial charge in [0.1, 0.15) is 17.9 Å². The number of carbonyl (C=O) groups is 1. The summed E-state index contributed by atoms with van der Waals surface area (Å²) in [5.74, 6) is -0.217. The molecule has 0 radical (unpaired) electrons. The zero-order chi connectivity index (χ0) is 19.4. The van der Waals surface area contributed by atoms with Crippen molar-refractivity contribution in [2.24, 2.45) is 0 Å². The average Bonchev–Trinajstić information content (AvgIpc) is 3.25. The van der Waals surface area contributed by atoms with Crippen molar-refractivity contribution >= 4 is 22.9 Å². The molecule has 1 aliphatic heterocycles. The van der Waals surface area contributed by atoms with E-state index < -0.39 is 4.92 Å². The Balaban J connectivity index is 1.64. The molecule has 1 N–H and O–H groups in total. The normalized spacial score (nSPS) is 16.2. The van der Waals surface area contributed by atoms with Crippen LogP contribution in [0.3, 0.4) is 0 Å². The fraction of sp³-hybridized carbons (Fsp3) is 0.529. The van der Waals surface area contributed by atoms with Gasteiger partial charge in [-0.2, -0.15) is 5.10 Å². The van der Waals surface area contributed by atoms with Crippen LogP contribution in [0.25, 0.3) is 0 Å². The van der Waals surface area contributed by atoms with Crippen LogP contribution >= 0.6 is 11.3 Å². The highest BCUT2D eigenvalue weighted by Gasteiger charge is 2.25. The van der Waals surface area contributed by atoms with E-state index in [1.54, 1.807) is 25.2 Å². The van der Waals surface area contributed by atoms with E-state index in [0.717, 1.165) is 13.1 Å². The zero-order valence-corrected chi connectivity index (χ0v) is 16.2. The summed E-state index contributed by atoms with van der Waals surface area (Å²) in [7, 11) is 0. The smallest absolute Gasteiger partial charge is 0.312 e. The quantitative estimate of drug-likeness (QED) is 0.567. The molecule has 0 aromatic carbocycles. The number of aromatic nitrogens is 2. The largest absolute Gasteiger partial charge is 0.379 e. The first-order chi connectivity index (χ1) is 13.0. The summed E-state index contributed by atoms with van der Waals surface area (Å²) in [4.78, 5) is 26.6. The lowest BCUT2D eigenvalue weighted by Gasteiger charge is -2.34. The van der Waals surface area contributed by atoms with E-state index in [1.807, 2.05) is 11.4 Å². The van der Waals surface area contributed by atoms with E-state index in [4.69, 9.17) is 4.74 Å². The molecule has 1 fully saturated rings. The van der Waals surface area contributed by atoms with Crippen LogP contribution < -0.4 is 5.32 Å². The van der Waals surface area contributed by atoms with Crippen molar-refractivity contribution < 1.29 is 14.5 Å². The van der Waals surface area contributed by atoms with Crippen LogP contribution in [0.1, 0.15) is 22.3 Å². The summed E-state index contributed by atoms with van der Waals surface area (Å²) in [5.41, 5.74) is 0.665. The molecule has 2 aromatic heterocycles. The molecule has 146 valence electrons. The van der Waals surface area contributed by atoms with E-state index >= 15 is 0 Å². The highest BCUT2D eigenvalue weighted by Crippen LogP contribution is 2.25. The molecule has 10 heteroatoms. The Labute approximate surface area is 161 Å². The number of carbonyl (C=O) groups excluding carboxylic acids is 1. The molecule has 9 nitrogen and oxygen atoms in total. The minimum absolute atomic E-state index is 0.0346. The van der Waals surface area contributed by atoms with Gasteiger partial charge in [-0.25, -0.2) is 0 Å². The lowest BCUT2D eigenvalue weighted by Crippen LogP contribution is -2.44. The van der Waals surface area contributed by atoms with Gasteiger partial charge in [0.2, 0.25) is 5.91 Å². The second kappa shape index (κ2) is 8.59. The second-order valence-electron chi connectivity index (χ2n) is 6.42. The number of nitrogens with one attached hydrogen (secondary N) is 1. The average molecular weight is 393 g/mol. The first kappa shape index (κ1) is 19.5. The first-order valence-corrected chi connectivity index (χ1v) is 9.65. The van der Waals surface area contributed by atoms with E-state index in [2.05, 4.69) is 21.4 Å². The number of ether oxygens (including phenoxy) is 1. The number of thiophene rings is 1. The minimum atomic E-state index is -0.461. The molecule has 0 unspecified atom stereocenters. The van der Waals surface area contributed by atoms with Crippen LogP contribution in [0.4, 0.5) is 5.69 Å². The van der Waals surface area contributed by atoms with Crippen molar-refractivity contribution in [3.63, 3.8) is 0 Å². The van der Waals surface area contributed by atoms with Gasteiger partial charge >= 0.3 is 5.69 Å². The molecule has 1 amide bonds. The number of aryl methyl sites for hydroxylation is 1. The number of amides is 1.